The highest BCUT2D eigenvalue weighted by Crippen LogP contribution is 2.34. The molecule has 2 unspecified atom stereocenters. The third kappa shape index (κ3) is 4.66. The summed E-state index contributed by atoms with van der Waals surface area (Å²) in [6.07, 6.45) is 1.38. The number of ether oxygens (including phenoxy) is 1. The zero-order valence-electron chi connectivity index (χ0n) is 12.1. The lowest BCUT2D eigenvalue weighted by Gasteiger charge is -2.16. The maximum absolute atomic E-state index is 12.8. The van der Waals surface area contributed by atoms with Gasteiger partial charge in [-0.2, -0.15) is 29.3 Å². The minimum atomic E-state index is -4.46. The van der Waals surface area contributed by atoms with E-state index in [-0.39, 0.29) is 5.75 Å². The molecular weight excluding hydrogens is 316 g/mol. The van der Waals surface area contributed by atoms with Crippen molar-refractivity contribution in [1.82, 2.24) is 0 Å². The van der Waals surface area contributed by atoms with E-state index in [9.17, 15) is 17.6 Å². The molecule has 2 rings (SSSR count). The maximum atomic E-state index is 12.8. The van der Waals surface area contributed by atoms with E-state index in [2.05, 4.69) is 17.1 Å². The van der Waals surface area contributed by atoms with Crippen LogP contribution in [0.15, 0.2) is 30.3 Å². The van der Waals surface area contributed by atoms with E-state index in [0.717, 1.165) is 18.4 Å². The lowest BCUT2D eigenvalue weighted by molar-refractivity contribution is -0.253. The fourth-order valence-corrected chi connectivity index (χ4v) is 3.27. The summed E-state index contributed by atoms with van der Waals surface area (Å²) in [5, 5.41) is 0.710. The predicted molar refractivity (Wildman–Crippen MR) is 81.7 cm³/mol. The number of thioether (sulfide) groups is 1. The second kappa shape index (κ2) is 7.40. The largest absolute Gasteiger partial charge is 0.461 e. The Morgan fingerprint density at radius 2 is 1.91 bits per heavy atom. The van der Waals surface area contributed by atoms with Gasteiger partial charge in [-0.3, -0.25) is 0 Å². The van der Waals surface area contributed by atoms with E-state index in [0.29, 0.717) is 11.2 Å². The quantitative estimate of drug-likeness (QED) is 0.638. The summed E-state index contributed by atoms with van der Waals surface area (Å²) in [4.78, 5) is 0. The van der Waals surface area contributed by atoms with Crippen molar-refractivity contribution in [2.45, 2.75) is 37.0 Å². The zero-order chi connectivity index (χ0) is 16.2. The SMILES string of the molecule is CSC1CCC(/C=C/c2ccc(OC(F)(F)C(F)F)cc2)C1. The normalized spacial score (nSPS) is 22.6. The Balaban J connectivity index is 1.92. The van der Waals surface area contributed by atoms with Gasteiger partial charge in [0.25, 0.3) is 0 Å². The molecule has 1 aromatic rings. The standard InChI is InChI=1S/C16H18F4OS/c1-22-14-9-6-12(10-14)3-2-11-4-7-13(8-5-11)21-16(19,20)15(17)18/h2-5,7-8,12,14-15H,6,9-10H2,1H3/b3-2+. The number of halogens is 4. The highest BCUT2D eigenvalue weighted by Gasteiger charge is 2.43. The number of hydrogen-bond donors (Lipinski definition) is 0. The Kier molecular flexibility index (Phi) is 5.78. The lowest BCUT2D eigenvalue weighted by atomic mass is 10.1. The van der Waals surface area contributed by atoms with Gasteiger partial charge in [-0.05, 0) is 49.1 Å². The molecule has 0 aromatic heterocycles. The van der Waals surface area contributed by atoms with Crippen LogP contribution in [-0.2, 0) is 0 Å². The first-order valence-electron chi connectivity index (χ1n) is 7.06. The van der Waals surface area contributed by atoms with E-state index in [1.54, 1.807) is 12.1 Å². The van der Waals surface area contributed by atoms with Crippen molar-refractivity contribution in [1.29, 1.82) is 0 Å². The molecule has 0 heterocycles. The van der Waals surface area contributed by atoms with Crippen LogP contribution < -0.4 is 4.74 Å². The fraction of sp³-hybridized carbons (Fsp3) is 0.500. The van der Waals surface area contributed by atoms with Crippen LogP contribution in [0.5, 0.6) is 5.75 Å². The van der Waals surface area contributed by atoms with Crippen molar-refractivity contribution >= 4 is 17.8 Å². The second-order valence-electron chi connectivity index (χ2n) is 5.32. The summed E-state index contributed by atoms with van der Waals surface area (Å²) < 4.78 is 53.6. The molecule has 0 N–H and O–H groups in total. The fourth-order valence-electron chi connectivity index (χ4n) is 2.46. The summed E-state index contributed by atoms with van der Waals surface area (Å²) in [5.41, 5.74) is 0.834. The Morgan fingerprint density at radius 1 is 1.23 bits per heavy atom. The highest BCUT2D eigenvalue weighted by atomic mass is 32.2. The molecule has 0 amide bonds. The molecule has 6 heteroatoms. The van der Waals surface area contributed by atoms with Gasteiger partial charge in [0.2, 0.25) is 0 Å². The molecule has 1 nitrogen and oxygen atoms in total. The van der Waals surface area contributed by atoms with Gasteiger partial charge >= 0.3 is 12.5 Å². The van der Waals surface area contributed by atoms with E-state index in [1.807, 2.05) is 17.8 Å². The molecule has 1 saturated carbocycles. The average molecular weight is 334 g/mol. The van der Waals surface area contributed by atoms with E-state index in [4.69, 9.17) is 0 Å². The van der Waals surface area contributed by atoms with Gasteiger partial charge in [-0.25, -0.2) is 0 Å². The molecule has 0 radical (unpaired) electrons. The molecule has 0 saturated heterocycles. The van der Waals surface area contributed by atoms with Crippen LogP contribution in [0.3, 0.4) is 0 Å². The Morgan fingerprint density at radius 3 is 2.45 bits per heavy atom. The van der Waals surface area contributed by atoms with E-state index in [1.165, 1.54) is 18.6 Å². The molecule has 0 bridgehead atoms. The Bertz CT molecular complexity index is 501. The average Bonchev–Trinajstić information content (AvgIpc) is 2.94. The predicted octanol–water partition coefficient (Wildman–Crippen LogP) is 5.47. The monoisotopic (exact) mass is 334 g/mol. The van der Waals surface area contributed by atoms with Gasteiger partial charge in [0.05, 0.1) is 0 Å². The molecule has 0 aliphatic heterocycles. The number of alkyl halides is 4. The van der Waals surface area contributed by atoms with E-state index >= 15 is 0 Å². The first-order chi connectivity index (χ1) is 10.4. The van der Waals surface area contributed by atoms with Crippen LogP contribution >= 0.6 is 11.8 Å². The first kappa shape index (κ1) is 17.2. The molecule has 0 spiro atoms. The van der Waals surface area contributed by atoms with Crippen molar-refractivity contribution in [2.75, 3.05) is 6.26 Å². The van der Waals surface area contributed by atoms with Crippen LogP contribution in [0.25, 0.3) is 6.08 Å². The highest BCUT2D eigenvalue weighted by molar-refractivity contribution is 7.99. The van der Waals surface area contributed by atoms with Crippen LogP contribution in [-0.4, -0.2) is 24.0 Å². The van der Waals surface area contributed by atoms with Crippen molar-refractivity contribution in [2.24, 2.45) is 5.92 Å². The first-order valence-corrected chi connectivity index (χ1v) is 8.35. The molecule has 1 aliphatic rings. The Hall–Kier alpha value is -1.17. The maximum Gasteiger partial charge on any atom is 0.461 e. The molecule has 122 valence electrons. The molecular formula is C16H18F4OS. The molecule has 1 aliphatic carbocycles. The van der Waals surface area contributed by atoms with Crippen molar-refractivity contribution < 1.29 is 22.3 Å². The summed E-state index contributed by atoms with van der Waals surface area (Å²) in [6.45, 7) is 0. The Labute approximate surface area is 131 Å². The van der Waals surface area contributed by atoms with E-state index < -0.39 is 12.5 Å². The number of benzene rings is 1. The molecule has 1 fully saturated rings. The van der Waals surface area contributed by atoms with Gasteiger partial charge in [0.1, 0.15) is 5.75 Å². The number of hydrogen-bond acceptors (Lipinski definition) is 2. The topological polar surface area (TPSA) is 9.23 Å². The summed E-state index contributed by atoms with van der Waals surface area (Å²) in [6, 6.07) is 5.70. The summed E-state index contributed by atoms with van der Waals surface area (Å²) >= 11 is 1.88. The van der Waals surface area contributed by atoms with Crippen molar-refractivity contribution in [3.8, 4) is 5.75 Å². The summed E-state index contributed by atoms with van der Waals surface area (Å²) in [5.74, 6) is 0.266. The van der Waals surface area contributed by atoms with Crippen LogP contribution in [0.2, 0.25) is 0 Å². The molecule has 22 heavy (non-hydrogen) atoms. The van der Waals surface area contributed by atoms with Gasteiger partial charge < -0.3 is 4.74 Å². The van der Waals surface area contributed by atoms with Crippen LogP contribution in [0.1, 0.15) is 24.8 Å². The lowest BCUT2D eigenvalue weighted by Crippen LogP contribution is -2.33. The number of rotatable bonds is 6. The smallest absolute Gasteiger partial charge is 0.428 e. The third-order valence-electron chi connectivity index (χ3n) is 3.71. The molecule has 2 atom stereocenters. The minimum Gasteiger partial charge on any atom is -0.428 e. The van der Waals surface area contributed by atoms with Crippen LogP contribution in [0.4, 0.5) is 17.6 Å². The summed E-state index contributed by atoms with van der Waals surface area (Å²) in [7, 11) is 0. The molecule has 1 aromatic carbocycles. The number of allylic oxidation sites excluding steroid dienone is 1. The minimum absolute atomic E-state index is 0.272. The van der Waals surface area contributed by atoms with Gasteiger partial charge in [-0.15, -0.1) is 0 Å². The van der Waals surface area contributed by atoms with Crippen molar-refractivity contribution in [3.05, 3.63) is 35.9 Å². The van der Waals surface area contributed by atoms with Crippen molar-refractivity contribution in [3.63, 3.8) is 0 Å². The van der Waals surface area contributed by atoms with Crippen LogP contribution in [0, 0.1) is 5.92 Å². The second-order valence-corrected chi connectivity index (χ2v) is 6.46. The zero-order valence-corrected chi connectivity index (χ0v) is 13.0. The van der Waals surface area contributed by atoms with Gasteiger partial charge in [-0.1, -0.05) is 24.3 Å². The third-order valence-corrected chi connectivity index (χ3v) is 4.80. The van der Waals surface area contributed by atoms with Gasteiger partial charge in [0.15, 0.2) is 0 Å². The van der Waals surface area contributed by atoms with Gasteiger partial charge in [0, 0.05) is 5.25 Å².